The normalized spacial score (nSPS) is 12.0. The Hall–Kier alpha value is -0.420. The van der Waals surface area contributed by atoms with Gasteiger partial charge in [-0.1, -0.05) is 35.4 Å². The molecule has 0 bridgehead atoms. The van der Waals surface area contributed by atoms with Crippen molar-refractivity contribution < 1.29 is 13.2 Å². The van der Waals surface area contributed by atoms with E-state index in [0.717, 1.165) is 0 Å². The number of allylic oxidation sites excluding steroid dienone is 1. The van der Waals surface area contributed by atoms with Gasteiger partial charge in [-0.15, -0.1) is 0 Å². The van der Waals surface area contributed by atoms with E-state index >= 15 is 0 Å². The van der Waals surface area contributed by atoms with E-state index in [9.17, 15) is 8.42 Å². The summed E-state index contributed by atoms with van der Waals surface area (Å²) in [6, 6.07) is 2.39. The predicted octanol–water partition coefficient (Wildman–Crippen LogP) is 3.88. The second kappa shape index (κ2) is 5.96. The van der Waals surface area contributed by atoms with Crippen molar-refractivity contribution >= 4 is 42.9 Å². The van der Waals surface area contributed by atoms with Crippen molar-refractivity contribution in [2.24, 2.45) is 0 Å². The summed E-state index contributed by atoms with van der Waals surface area (Å²) < 4.78 is 27.5. The van der Waals surface area contributed by atoms with Gasteiger partial charge in [0.25, 0.3) is 9.05 Å². The van der Waals surface area contributed by atoms with E-state index in [1.54, 1.807) is 12.2 Å². The Morgan fingerprint density at radius 3 is 2.24 bits per heavy atom. The fraction of sp³-hybridized carbons (Fsp3) is 0.200. The highest BCUT2D eigenvalue weighted by Crippen LogP contribution is 2.36. The van der Waals surface area contributed by atoms with E-state index in [4.69, 9.17) is 38.6 Å². The lowest BCUT2D eigenvalue weighted by Crippen LogP contribution is -1.97. The van der Waals surface area contributed by atoms with Gasteiger partial charge in [0.2, 0.25) is 0 Å². The number of hydrogen-bond acceptors (Lipinski definition) is 3. The third kappa shape index (κ3) is 4.07. The average molecular weight is 316 g/mol. The molecule has 0 N–H and O–H groups in total. The van der Waals surface area contributed by atoms with E-state index in [1.165, 1.54) is 12.1 Å². The fourth-order valence-corrected chi connectivity index (χ4v) is 2.55. The Bertz CT molecular complexity index is 515. The number of hydrogen-bond donors (Lipinski definition) is 0. The highest BCUT2D eigenvalue weighted by Gasteiger charge is 2.16. The van der Waals surface area contributed by atoms with E-state index in [1.807, 2.05) is 6.92 Å². The lowest BCUT2D eigenvalue weighted by atomic mass is 10.3. The number of rotatable bonds is 4. The lowest BCUT2D eigenvalue weighted by Gasteiger charge is -2.09. The first-order valence-electron chi connectivity index (χ1n) is 4.54. The second-order valence-corrected chi connectivity index (χ2v) is 6.41. The molecule has 3 nitrogen and oxygen atoms in total. The topological polar surface area (TPSA) is 43.4 Å². The van der Waals surface area contributed by atoms with Crippen LogP contribution in [0.25, 0.3) is 0 Å². The number of benzene rings is 1. The molecule has 0 fully saturated rings. The molecule has 1 aromatic carbocycles. The van der Waals surface area contributed by atoms with Crippen LogP contribution in [0.5, 0.6) is 5.75 Å². The van der Waals surface area contributed by atoms with E-state index in [0.29, 0.717) is 6.61 Å². The van der Waals surface area contributed by atoms with Gasteiger partial charge in [0.1, 0.15) is 6.61 Å². The first-order valence-corrected chi connectivity index (χ1v) is 7.60. The summed E-state index contributed by atoms with van der Waals surface area (Å²) in [5.74, 6) is 0.232. The summed E-state index contributed by atoms with van der Waals surface area (Å²) in [6.07, 6.45) is 3.57. The third-order valence-corrected chi connectivity index (χ3v) is 3.71. The van der Waals surface area contributed by atoms with Crippen LogP contribution in [-0.2, 0) is 9.05 Å². The van der Waals surface area contributed by atoms with Crippen molar-refractivity contribution in [3.8, 4) is 5.75 Å². The SMILES string of the molecule is C/C=C/COc1c(Cl)cc(S(=O)(=O)Cl)cc1Cl. The van der Waals surface area contributed by atoms with Crippen LogP contribution < -0.4 is 4.74 Å². The molecular formula is C10H9Cl3O3S. The molecule has 0 aliphatic heterocycles. The Morgan fingerprint density at radius 2 is 1.82 bits per heavy atom. The summed E-state index contributed by atoms with van der Waals surface area (Å²) in [5, 5.41) is 0.197. The van der Waals surface area contributed by atoms with Gasteiger partial charge in [-0.25, -0.2) is 8.42 Å². The predicted molar refractivity (Wildman–Crippen MR) is 69.8 cm³/mol. The van der Waals surface area contributed by atoms with Gasteiger partial charge in [0.05, 0.1) is 14.9 Å². The molecule has 0 atom stereocenters. The van der Waals surface area contributed by atoms with Gasteiger partial charge in [-0.05, 0) is 19.1 Å². The molecule has 0 amide bonds. The van der Waals surface area contributed by atoms with Crippen LogP contribution in [0.4, 0.5) is 0 Å². The summed E-state index contributed by atoms with van der Waals surface area (Å²) in [4.78, 5) is -0.160. The zero-order valence-electron chi connectivity index (χ0n) is 8.78. The molecule has 0 aliphatic carbocycles. The van der Waals surface area contributed by atoms with Crippen molar-refractivity contribution in [2.45, 2.75) is 11.8 Å². The minimum Gasteiger partial charge on any atom is -0.486 e. The van der Waals surface area contributed by atoms with Crippen molar-refractivity contribution in [1.29, 1.82) is 0 Å². The molecule has 1 rings (SSSR count). The van der Waals surface area contributed by atoms with Gasteiger partial charge in [-0.3, -0.25) is 0 Å². The Labute approximate surface area is 114 Å². The van der Waals surface area contributed by atoms with Crippen molar-refractivity contribution in [2.75, 3.05) is 6.61 Å². The molecule has 94 valence electrons. The quantitative estimate of drug-likeness (QED) is 0.625. The minimum atomic E-state index is -3.86. The molecule has 0 spiro atoms. The van der Waals surface area contributed by atoms with E-state index < -0.39 is 9.05 Å². The number of ether oxygens (including phenoxy) is 1. The second-order valence-electron chi connectivity index (χ2n) is 3.03. The minimum absolute atomic E-state index is 0.0984. The Kier molecular flexibility index (Phi) is 5.13. The molecule has 0 unspecified atom stereocenters. The van der Waals surface area contributed by atoms with Crippen molar-refractivity contribution in [3.05, 3.63) is 34.3 Å². The molecule has 0 aromatic heterocycles. The molecule has 0 saturated carbocycles. The highest BCUT2D eigenvalue weighted by atomic mass is 35.7. The lowest BCUT2D eigenvalue weighted by molar-refractivity contribution is 0.363. The molecule has 0 radical (unpaired) electrons. The highest BCUT2D eigenvalue weighted by molar-refractivity contribution is 8.13. The fourth-order valence-electron chi connectivity index (χ4n) is 1.04. The third-order valence-electron chi connectivity index (χ3n) is 1.81. The zero-order valence-corrected chi connectivity index (χ0v) is 11.9. The number of halogens is 3. The zero-order chi connectivity index (χ0) is 13.1. The van der Waals surface area contributed by atoms with Gasteiger partial charge in [0.15, 0.2) is 5.75 Å². The van der Waals surface area contributed by atoms with Crippen LogP contribution in [0, 0.1) is 0 Å². The monoisotopic (exact) mass is 314 g/mol. The molecular weight excluding hydrogens is 307 g/mol. The van der Waals surface area contributed by atoms with Crippen molar-refractivity contribution in [1.82, 2.24) is 0 Å². The van der Waals surface area contributed by atoms with Gasteiger partial charge < -0.3 is 4.74 Å². The van der Waals surface area contributed by atoms with E-state index in [-0.39, 0.29) is 20.7 Å². The van der Waals surface area contributed by atoms with Crippen LogP contribution in [0.2, 0.25) is 10.0 Å². The molecule has 7 heteroatoms. The maximum Gasteiger partial charge on any atom is 0.261 e. The molecule has 0 saturated heterocycles. The summed E-state index contributed by atoms with van der Waals surface area (Å²) in [7, 11) is 1.33. The van der Waals surface area contributed by atoms with Crippen LogP contribution in [0.15, 0.2) is 29.2 Å². The standard InChI is InChI=1S/C10H9Cl3O3S/c1-2-3-4-16-10-8(11)5-7(6-9(10)12)17(13,14)15/h2-3,5-6H,4H2,1H3/b3-2+. The van der Waals surface area contributed by atoms with Crippen LogP contribution in [-0.4, -0.2) is 15.0 Å². The van der Waals surface area contributed by atoms with Crippen molar-refractivity contribution in [3.63, 3.8) is 0 Å². The summed E-state index contributed by atoms with van der Waals surface area (Å²) in [5.41, 5.74) is 0. The Morgan fingerprint density at radius 1 is 1.29 bits per heavy atom. The maximum absolute atomic E-state index is 11.1. The maximum atomic E-state index is 11.1. The largest absolute Gasteiger partial charge is 0.486 e. The van der Waals surface area contributed by atoms with E-state index in [2.05, 4.69) is 0 Å². The first-order chi connectivity index (χ1) is 7.86. The Balaban J connectivity index is 3.11. The van der Waals surface area contributed by atoms with Gasteiger partial charge in [-0.2, -0.15) is 0 Å². The van der Waals surface area contributed by atoms with Crippen LogP contribution >= 0.6 is 33.9 Å². The molecule has 0 heterocycles. The van der Waals surface area contributed by atoms with Gasteiger partial charge in [0, 0.05) is 10.7 Å². The molecule has 17 heavy (non-hydrogen) atoms. The molecule has 0 aliphatic rings. The van der Waals surface area contributed by atoms with Gasteiger partial charge >= 0.3 is 0 Å². The first kappa shape index (κ1) is 14.6. The average Bonchev–Trinajstić information content (AvgIpc) is 2.20. The molecule has 1 aromatic rings. The smallest absolute Gasteiger partial charge is 0.261 e. The van der Waals surface area contributed by atoms with Crippen LogP contribution in [0.1, 0.15) is 6.92 Å². The summed E-state index contributed by atoms with van der Waals surface area (Å²) >= 11 is 11.7. The van der Waals surface area contributed by atoms with Crippen LogP contribution in [0.3, 0.4) is 0 Å². The summed E-state index contributed by atoms with van der Waals surface area (Å²) in [6.45, 7) is 2.14.